The first kappa shape index (κ1) is 16.0. The van der Waals surface area contributed by atoms with E-state index in [0.717, 1.165) is 30.7 Å². The van der Waals surface area contributed by atoms with Crippen LogP contribution >= 0.6 is 0 Å². The molecule has 2 heteroatoms. The molecule has 4 atom stereocenters. The van der Waals surface area contributed by atoms with Crippen LogP contribution in [0.15, 0.2) is 0 Å². The third-order valence-electron chi connectivity index (χ3n) is 4.43. The molecule has 0 heterocycles. The molecule has 1 fully saturated rings. The number of ether oxygens (including phenoxy) is 1. The molecule has 108 valence electrons. The summed E-state index contributed by atoms with van der Waals surface area (Å²) in [5, 5.41) is 3.77. The van der Waals surface area contributed by atoms with Crippen molar-refractivity contribution in [1.29, 1.82) is 0 Å². The van der Waals surface area contributed by atoms with Gasteiger partial charge < -0.3 is 10.1 Å². The highest BCUT2D eigenvalue weighted by Gasteiger charge is 2.30. The highest BCUT2D eigenvalue weighted by molar-refractivity contribution is 4.85. The van der Waals surface area contributed by atoms with Gasteiger partial charge in [0, 0.05) is 13.2 Å². The van der Waals surface area contributed by atoms with Gasteiger partial charge in [0.2, 0.25) is 0 Å². The van der Waals surface area contributed by atoms with E-state index in [2.05, 4.69) is 33.0 Å². The van der Waals surface area contributed by atoms with Crippen LogP contribution in [0, 0.1) is 17.8 Å². The van der Waals surface area contributed by atoms with Gasteiger partial charge in [-0.25, -0.2) is 0 Å². The van der Waals surface area contributed by atoms with Crippen molar-refractivity contribution in [2.45, 2.75) is 71.9 Å². The molecular weight excluding hydrogens is 222 g/mol. The molecule has 0 aromatic rings. The Morgan fingerprint density at radius 3 is 2.28 bits per heavy atom. The summed E-state index contributed by atoms with van der Waals surface area (Å²) in [5.41, 5.74) is 0. The Balaban J connectivity index is 2.56. The Labute approximate surface area is 114 Å². The highest BCUT2D eigenvalue weighted by Crippen LogP contribution is 2.35. The van der Waals surface area contributed by atoms with E-state index in [1.54, 1.807) is 0 Å². The van der Waals surface area contributed by atoms with Crippen molar-refractivity contribution < 1.29 is 4.74 Å². The molecule has 4 unspecified atom stereocenters. The second-order valence-corrected chi connectivity index (χ2v) is 6.52. The standard InChI is InChI=1S/C16H33NO/c1-6-7-17-16(11-14(4)18-5)15-9-12(2)8-13(3)10-15/h12-17H,6-11H2,1-5H3. The summed E-state index contributed by atoms with van der Waals surface area (Å²) in [6.45, 7) is 10.4. The molecule has 0 aromatic carbocycles. The molecule has 0 spiro atoms. The molecule has 1 saturated carbocycles. The third kappa shape index (κ3) is 5.27. The van der Waals surface area contributed by atoms with Gasteiger partial charge in [-0.05, 0) is 63.3 Å². The normalized spacial score (nSPS) is 32.2. The maximum Gasteiger partial charge on any atom is 0.0558 e. The zero-order valence-corrected chi connectivity index (χ0v) is 13.0. The smallest absolute Gasteiger partial charge is 0.0558 e. The topological polar surface area (TPSA) is 21.3 Å². The van der Waals surface area contributed by atoms with Crippen molar-refractivity contribution in [1.82, 2.24) is 5.32 Å². The average Bonchev–Trinajstić information content (AvgIpc) is 2.32. The van der Waals surface area contributed by atoms with Gasteiger partial charge in [0.1, 0.15) is 0 Å². The zero-order chi connectivity index (χ0) is 13.5. The van der Waals surface area contributed by atoms with E-state index in [4.69, 9.17) is 4.74 Å². The lowest BCUT2D eigenvalue weighted by Crippen LogP contribution is -2.42. The summed E-state index contributed by atoms with van der Waals surface area (Å²) < 4.78 is 5.47. The lowest BCUT2D eigenvalue weighted by Gasteiger charge is -2.38. The summed E-state index contributed by atoms with van der Waals surface area (Å²) in [6, 6.07) is 0.644. The Bertz CT molecular complexity index is 209. The lowest BCUT2D eigenvalue weighted by atomic mass is 9.73. The first-order valence-corrected chi connectivity index (χ1v) is 7.82. The van der Waals surface area contributed by atoms with E-state index >= 15 is 0 Å². The van der Waals surface area contributed by atoms with Crippen LogP contribution in [0.2, 0.25) is 0 Å². The van der Waals surface area contributed by atoms with Crippen LogP contribution in [0.4, 0.5) is 0 Å². The van der Waals surface area contributed by atoms with Crippen molar-refractivity contribution in [3.63, 3.8) is 0 Å². The van der Waals surface area contributed by atoms with Crippen LogP contribution in [0.5, 0.6) is 0 Å². The molecule has 1 aliphatic carbocycles. The number of methoxy groups -OCH3 is 1. The predicted molar refractivity (Wildman–Crippen MR) is 78.8 cm³/mol. The Kier molecular flexibility index (Phi) is 7.25. The van der Waals surface area contributed by atoms with Crippen LogP contribution in [0.1, 0.15) is 59.8 Å². The Morgan fingerprint density at radius 1 is 1.17 bits per heavy atom. The molecule has 0 radical (unpaired) electrons. The Hall–Kier alpha value is -0.0800. The van der Waals surface area contributed by atoms with Gasteiger partial charge in [-0.3, -0.25) is 0 Å². The minimum Gasteiger partial charge on any atom is -0.382 e. The summed E-state index contributed by atoms with van der Waals surface area (Å²) >= 11 is 0. The number of nitrogens with one attached hydrogen (secondary N) is 1. The summed E-state index contributed by atoms with van der Waals surface area (Å²) in [5.74, 6) is 2.62. The second kappa shape index (κ2) is 8.16. The summed E-state index contributed by atoms with van der Waals surface area (Å²) in [4.78, 5) is 0. The van der Waals surface area contributed by atoms with Crippen LogP contribution in [0.3, 0.4) is 0 Å². The van der Waals surface area contributed by atoms with Gasteiger partial charge in [-0.15, -0.1) is 0 Å². The van der Waals surface area contributed by atoms with Gasteiger partial charge in [0.25, 0.3) is 0 Å². The molecule has 1 rings (SSSR count). The van der Waals surface area contributed by atoms with E-state index < -0.39 is 0 Å². The van der Waals surface area contributed by atoms with Gasteiger partial charge in [0.05, 0.1) is 6.10 Å². The van der Waals surface area contributed by atoms with Gasteiger partial charge in [-0.2, -0.15) is 0 Å². The highest BCUT2D eigenvalue weighted by atomic mass is 16.5. The van der Waals surface area contributed by atoms with Gasteiger partial charge in [-0.1, -0.05) is 20.8 Å². The van der Waals surface area contributed by atoms with Crippen molar-refractivity contribution in [2.75, 3.05) is 13.7 Å². The van der Waals surface area contributed by atoms with E-state index in [-0.39, 0.29) is 0 Å². The summed E-state index contributed by atoms with van der Waals surface area (Å²) in [7, 11) is 1.83. The van der Waals surface area contributed by atoms with Crippen LogP contribution in [0.25, 0.3) is 0 Å². The van der Waals surface area contributed by atoms with Crippen LogP contribution in [-0.2, 0) is 4.74 Å². The predicted octanol–water partition coefficient (Wildman–Crippen LogP) is 3.85. The van der Waals surface area contributed by atoms with Crippen molar-refractivity contribution in [2.24, 2.45) is 17.8 Å². The SMILES string of the molecule is CCCNC(CC(C)OC)C1CC(C)CC(C)C1. The van der Waals surface area contributed by atoms with Crippen LogP contribution in [-0.4, -0.2) is 25.8 Å². The minimum atomic E-state index is 0.367. The van der Waals surface area contributed by atoms with E-state index in [1.165, 1.54) is 25.7 Å². The fourth-order valence-electron chi connectivity index (χ4n) is 3.56. The third-order valence-corrected chi connectivity index (χ3v) is 4.43. The first-order chi connectivity index (χ1) is 8.56. The largest absolute Gasteiger partial charge is 0.382 e. The molecule has 0 aliphatic heterocycles. The molecule has 18 heavy (non-hydrogen) atoms. The number of rotatable bonds is 7. The van der Waals surface area contributed by atoms with Gasteiger partial charge in [0.15, 0.2) is 0 Å². The van der Waals surface area contributed by atoms with Crippen molar-refractivity contribution in [3.8, 4) is 0 Å². The molecule has 1 aliphatic rings. The molecule has 1 N–H and O–H groups in total. The quantitative estimate of drug-likeness (QED) is 0.746. The van der Waals surface area contributed by atoms with E-state index in [0.29, 0.717) is 12.1 Å². The maximum absolute atomic E-state index is 5.47. The molecular formula is C16H33NO. The monoisotopic (exact) mass is 255 g/mol. The lowest BCUT2D eigenvalue weighted by molar-refractivity contribution is 0.0785. The molecule has 2 nitrogen and oxygen atoms in total. The fourth-order valence-corrected chi connectivity index (χ4v) is 3.56. The maximum atomic E-state index is 5.47. The molecule has 0 amide bonds. The Morgan fingerprint density at radius 2 is 1.78 bits per heavy atom. The summed E-state index contributed by atoms with van der Waals surface area (Å²) in [6.07, 6.45) is 6.93. The fraction of sp³-hybridized carbons (Fsp3) is 1.00. The first-order valence-electron chi connectivity index (χ1n) is 7.82. The van der Waals surface area contributed by atoms with Crippen molar-refractivity contribution in [3.05, 3.63) is 0 Å². The van der Waals surface area contributed by atoms with E-state index in [1.807, 2.05) is 7.11 Å². The van der Waals surface area contributed by atoms with Crippen LogP contribution < -0.4 is 5.32 Å². The second-order valence-electron chi connectivity index (χ2n) is 6.52. The number of hydrogen-bond acceptors (Lipinski definition) is 2. The molecule has 0 bridgehead atoms. The molecule has 0 aromatic heterocycles. The minimum absolute atomic E-state index is 0.367. The van der Waals surface area contributed by atoms with Gasteiger partial charge >= 0.3 is 0 Å². The van der Waals surface area contributed by atoms with Crippen molar-refractivity contribution >= 4 is 0 Å². The molecule has 0 saturated heterocycles. The zero-order valence-electron chi connectivity index (χ0n) is 13.0. The average molecular weight is 255 g/mol. The number of hydrogen-bond donors (Lipinski definition) is 1. The van der Waals surface area contributed by atoms with E-state index in [9.17, 15) is 0 Å².